The lowest BCUT2D eigenvalue weighted by atomic mass is 10.0. The molecule has 1 atom stereocenters. The van der Waals surface area contributed by atoms with Crippen LogP contribution in [0.15, 0.2) is 18.2 Å². The van der Waals surface area contributed by atoms with E-state index in [2.05, 4.69) is 5.32 Å². The number of para-hydroxylation sites is 1. The van der Waals surface area contributed by atoms with Crippen molar-refractivity contribution in [1.82, 2.24) is 5.32 Å². The van der Waals surface area contributed by atoms with E-state index in [1.165, 1.54) is 25.7 Å². The lowest BCUT2D eigenvalue weighted by Gasteiger charge is -2.18. The number of aliphatic hydroxyl groups is 1. The van der Waals surface area contributed by atoms with Gasteiger partial charge in [-0.15, -0.1) is 0 Å². The lowest BCUT2D eigenvalue weighted by molar-refractivity contribution is 0.109. The molecule has 1 heterocycles. The Balaban J connectivity index is 1.51. The first kappa shape index (κ1) is 12.8. The van der Waals surface area contributed by atoms with Crippen molar-refractivity contribution in [3.05, 3.63) is 23.8 Å². The van der Waals surface area contributed by atoms with Crippen molar-refractivity contribution in [2.24, 2.45) is 5.92 Å². The summed E-state index contributed by atoms with van der Waals surface area (Å²) in [6.45, 7) is 1.66. The van der Waals surface area contributed by atoms with Gasteiger partial charge in [-0.1, -0.05) is 25.0 Å². The highest BCUT2D eigenvalue weighted by Gasteiger charge is 2.23. The van der Waals surface area contributed by atoms with Crippen molar-refractivity contribution >= 4 is 0 Å². The molecule has 0 spiro atoms. The van der Waals surface area contributed by atoms with E-state index >= 15 is 0 Å². The quantitative estimate of drug-likeness (QED) is 0.853. The van der Waals surface area contributed by atoms with Gasteiger partial charge in [-0.3, -0.25) is 0 Å². The average molecular weight is 263 g/mol. The fourth-order valence-electron chi connectivity index (χ4n) is 2.99. The third-order valence-corrected chi connectivity index (χ3v) is 4.09. The zero-order valence-corrected chi connectivity index (χ0v) is 11.1. The number of rotatable bonds is 5. The maximum atomic E-state index is 10.1. The number of hydrogen-bond donors (Lipinski definition) is 2. The van der Waals surface area contributed by atoms with Crippen molar-refractivity contribution in [3.8, 4) is 11.5 Å². The zero-order valence-electron chi connectivity index (χ0n) is 11.1. The molecule has 1 aliphatic carbocycles. The SMILES string of the molecule is OC(CNCc1cccc2c1OCO2)C1CCCC1. The van der Waals surface area contributed by atoms with Crippen LogP contribution in [0.1, 0.15) is 31.2 Å². The molecule has 4 heteroatoms. The van der Waals surface area contributed by atoms with Gasteiger partial charge in [0, 0.05) is 18.7 Å². The summed E-state index contributed by atoms with van der Waals surface area (Å²) < 4.78 is 10.8. The summed E-state index contributed by atoms with van der Waals surface area (Å²) in [7, 11) is 0. The molecular formula is C15H21NO3. The van der Waals surface area contributed by atoms with Crippen LogP contribution in [-0.2, 0) is 6.54 Å². The van der Waals surface area contributed by atoms with Crippen molar-refractivity contribution in [2.75, 3.05) is 13.3 Å². The van der Waals surface area contributed by atoms with Gasteiger partial charge in [0.25, 0.3) is 0 Å². The fraction of sp³-hybridized carbons (Fsp3) is 0.600. The Morgan fingerprint density at radius 1 is 1.26 bits per heavy atom. The molecule has 2 aliphatic rings. The summed E-state index contributed by atoms with van der Waals surface area (Å²) in [6.07, 6.45) is 4.63. The Bertz CT molecular complexity index is 429. The number of benzene rings is 1. The first-order valence-corrected chi connectivity index (χ1v) is 7.11. The Morgan fingerprint density at radius 3 is 2.95 bits per heavy atom. The van der Waals surface area contributed by atoms with Gasteiger partial charge in [-0.05, 0) is 24.8 Å². The minimum absolute atomic E-state index is 0.226. The van der Waals surface area contributed by atoms with Crippen molar-refractivity contribution in [3.63, 3.8) is 0 Å². The maximum absolute atomic E-state index is 10.1. The summed E-state index contributed by atoms with van der Waals surface area (Å²) in [4.78, 5) is 0. The molecule has 0 saturated heterocycles. The van der Waals surface area contributed by atoms with E-state index in [-0.39, 0.29) is 6.10 Å². The molecule has 2 N–H and O–H groups in total. The van der Waals surface area contributed by atoms with Crippen LogP contribution in [0.25, 0.3) is 0 Å². The molecule has 0 aromatic heterocycles. The fourth-order valence-corrected chi connectivity index (χ4v) is 2.99. The van der Waals surface area contributed by atoms with Crippen molar-refractivity contribution < 1.29 is 14.6 Å². The Hall–Kier alpha value is -1.26. The van der Waals surface area contributed by atoms with Crippen molar-refractivity contribution in [1.29, 1.82) is 0 Å². The first-order chi connectivity index (χ1) is 9.34. The maximum Gasteiger partial charge on any atom is 0.231 e. The van der Waals surface area contributed by atoms with Gasteiger partial charge in [0.2, 0.25) is 6.79 Å². The third kappa shape index (κ3) is 2.85. The molecule has 4 nitrogen and oxygen atoms in total. The summed E-state index contributed by atoms with van der Waals surface area (Å²) in [5, 5.41) is 13.4. The molecule has 1 unspecified atom stereocenters. The summed E-state index contributed by atoms with van der Waals surface area (Å²) >= 11 is 0. The van der Waals surface area contributed by atoms with Gasteiger partial charge in [-0.2, -0.15) is 0 Å². The molecule has 104 valence electrons. The normalized spacial score (nSPS) is 19.8. The van der Waals surface area contributed by atoms with E-state index in [0.717, 1.165) is 17.1 Å². The van der Waals surface area contributed by atoms with Gasteiger partial charge in [0.15, 0.2) is 11.5 Å². The Labute approximate surface area is 113 Å². The first-order valence-electron chi connectivity index (χ1n) is 7.11. The largest absolute Gasteiger partial charge is 0.454 e. The molecule has 0 bridgehead atoms. The van der Waals surface area contributed by atoms with E-state index in [1.807, 2.05) is 18.2 Å². The van der Waals surface area contributed by atoms with Crippen LogP contribution in [0.2, 0.25) is 0 Å². The van der Waals surface area contributed by atoms with Crippen LogP contribution in [0, 0.1) is 5.92 Å². The second kappa shape index (κ2) is 5.80. The van der Waals surface area contributed by atoms with Gasteiger partial charge in [-0.25, -0.2) is 0 Å². The minimum atomic E-state index is -0.226. The number of fused-ring (bicyclic) bond motifs is 1. The van der Waals surface area contributed by atoms with Gasteiger partial charge < -0.3 is 19.9 Å². The molecule has 0 amide bonds. The number of ether oxygens (including phenoxy) is 2. The monoisotopic (exact) mass is 263 g/mol. The average Bonchev–Trinajstić information content (AvgIpc) is 3.10. The molecule has 1 fully saturated rings. The van der Waals surface area contributed by atoms with Crippen LogP contribution in [-0.4, -0.2) is 24.5 Å². The molecule has 19 heavy (non-hydrogen) atoms. The van der Waals surface area contributed by atoms with E-state index in [4.69, 9.17) is 9.47 Å². The van der Waals surface area contributed by atoms with E-state index in [1.54, 1.807) is 0 Å². The Morgan fingerprint density at radius 2 is 2.11 bits per heavy atom. The number of aliphatic hydroxyl groups excluding tert-OH is 1. The van der Waals surface area contributed by atoms with E-state index < -0.39 is 0 Å². The summed E-state index contributed by atoms with van der Waals surface area (Å²) in [5.74, 6) is 2.13. The Kier molecular flexibility index (Phi) is 3.89. The van der Waals surface area contributed by atoms with Gasteiger partial charge in [0.1, 0.15) is 0 Å². The molecule has 1 aromatic rings. The van der Waals surface area contributed by atoms with Crippen molar-refractivity contribution in [2.45, 2.75) is 38.3 Å². The molecule has 3 rings (SSSR count). The second-order valence-corrected chi connectivity index (χ2v) is 5.39. The predicted molar refractivity (Wildman–Crippen MR) is 72.2 cm³/mol. The molecule has 1 saturated carbocycles. The van der Waals surface area contributed by atoms with Crippen LogP contribution < -0.4 is 14.8 Å². The lowest BCUT2D eigenvalue weighted by Crippen LogP contribution is -2.31. The smallest absolute Gasteiger partial charge is 0.231 e. The highest BCUT2D eigenvalue weighted by Crippen LogP contribution is 2.35. The highest BCUT2D eigenvalue weighted by molar-refractivity contribution is 5.48. The molecule has 1 aliphatic heterocycles. The summed E-state index contributed by atoms with van der Waals surface area (Å²) in [5.41, 5.74) is 1.09. The topological polar surface area (TPSA) is 50.7 Å². The third-order valence-electron chi connectivity index (χ3n) is 4.09. The van der Waals surface area contributed by atoms with E-state index in [9.17, 15) is 5.11 Å². The predicted octanol–water partition coefficient (Wildman–Crippen LogP) is 2.06. The minimum Gasteiger partial charge on any atom is -0.454 e. The van der Waals surface area contributed by atoms with Gasteiger partial charge >= 0.3 is 0 Å². The van der Waals surface area contributed by atoms with Crippen LogP contribution in [0.3, 0.4) is 0 Å². The summed E-state index contributed by atoms with van der Waals surface area (Å²) in [6, 6.07) is 5.92. The van der Waals surface area contributed by atoms with Gasteiger partial charge in [0.05, 0.1) is 6.10 Å². The second-order valence-electron chi connectivity index (χ2n) is 5.39. The highest BCUT2D eigenvalue weighted by atomic mass is 16.7. The van der Waals surface area contributed by atoms with Crippen LogP contribution in [0.5, 0.6) is 11.5 Å². The number of hydrogen-bond acceptors (Lipinski definition) is 4. The van der Waals surface area contributed by atoms with Crippen LogP contribution in [0.4, 0.5) is 0 Å². The standard InChI is InChI=1S/C15H21NO3/c17-13(11-4-1-2-5-11)9-16-8-12-6-3-7-14-15(12)19-10-18-14/h3,6-7,11,13,16-17H,1-2,4-5,8-10H2. The molecular weight excluding hydrogens is 242 g/mol. The van der Waals surface area contributed by atoms with Crippen LogP contribution >= 0.6 is 0 Å². The molecule has 1 aromatic carbocycles. The molecule has 0 radical (unpaired) electrons. The zero-order chi connectivity index (χ0) is 13.1. The number of nitrogens with one attached hydrogen (secondary N) is 1. The van der Waals surface area contributed by atoms with E-state index in [0.29, 0.717) is 25.8 Å².